The largest absolute Gasteiger partial charge is 0.373 e. The summed E-state index contributed by atoms with van der Waals surface area (Å²) in [5.41, 5.74) is 4.44. The molecule has 0 amide bonds. The van der Waals surface area contributed by atoms with Gasteiger partial charge >= 0.3 is 12.3 Å². The van der Waals surface area contributed by atoms with Gasteiger partial charge in [-0.2, -0.15) is 19.2 Å². The highest BCUT2D eigenvalue weighted by Crippen LogP contribution is 2.34. The molecule has 1 atom stereocenters. The van der Waals surface area contributed by atoms with Crippen LogP contribution in [0.15, 0.2) is 41.6 Å². The summed E-state index contributed by atoms with van der Waals surface area (Å²) in [6, 6.07) is 11.0. The lowest BCUT2D eigenvalue weighted by molar-refractivity contribution is -0.193. The van der Waals surface area contributed by atoms with Crippen LogP contribution in [-0.4, -0.2) is 41.7 Å². The Balaban J connectivity index is 0.00000108. The summed E-state index contributed by atoms with van der Waals surface area (Å²) in [5, 5.41) is 0. The molecule has 0 N–H and O–H groups in total. The number of nitrogens with zero attached hydrogens (tertiary/aromatic N) is 2. The van der Waals surface area contributed by atoms with Crippen molar-refractivity contribution in [1.29, 1.82) is 0 Å². The minimum Gasteiger partial charge on any atom is -0.355 e. The molecule has 1 aromatic rings. The van der Waals surface area contributed by atoms with Crippen molar-refractivity contribution in [1.82, 2.24) is 9.80 Å². The summed E-state index contributed by atoms with van der Waals surface area (Å²) >= 11 is 0. The second kappa shape index (κ2) is 15.5. The molecule has 0 saturated heterocycles. The van der Waals surface area contributed by atoms with Gasteiger partial charge in [0.05, 0.1) is 0 Å². The van der Waals surface area contributed by atoms with Crippen LogP contribution in [0.25, 0.3) is 0 Å². The molecule has 0 bridgehead atoms. The molecule has 0 aromatic heterocycles. The minimum atomic E-state index is 0.250. The third-order valence-corrected chi connectivity index (χ3v) is 4.78. The molecule has 1 aliphatic rings. The van der Waals surface area contributed by atoms with Gasteiger partial charge in [0.1, 0.15) is 6.17 Å². The number of hydrogen-bond acceptors (Lipinski definition) is 6. The monoisotopic (exact) mass is 388 g/mol. The quantitative estimate of drug-likeness (QED) is 0.702. The van der Waals surface area contributed by atoms with Gasteiger partial charge in [-0.25, -0.2) is 0 Å². The van der Waals surface area contributed by atoms with Crippen molar-refractivity contribution in [2.24, 2.45) is 0 Å². The van der Waals surface area contributed by atoms with E-state index in [0.29, 0.717) is 6.17 Å². The van der Waals surface area contributed by atoms with E-state index < -0.39 is 0 Å². The zero-order valence-electron chi connectivity index (χ0n) is 17.4. The van der Waals surface area contributed by atoms with E-state index in [9.17, 15) is 0 Å². The number of allylic oxidation sites excluding steroid dienone is 1. The van der Waals surface area contributed by atoms with Crippen LogP contribution in [0, 0.1) is 0 Å². The lowest BCUT2D eigenvalue weighted by atomic mass is 10.0. The maximum Gasteiger partial charge on any atom is 0.373 e. The molecule has 154 valence electrons. The summed E-state index contributed by atoms with van der Waals surface area (Å²) < 4.78 is 0. The topological polar surface area (TPSA) is 74.8 Å². The van der Waals surface area contributed by atoms with Gasteiger partial charge in [-0.3, -0.25) is 4.90 Å². The van der Waals surface area contributed by atoms with Crippen molar-refractivity contribution < 1.29 is 19.2 Å². The van der Waals surface area contributed by atoms with Crippen molar-refractivity contribution >= 4 is 12.3 Å². The maximum absolute atomic E-state index is 8.12. The first-order valence-electron chi connectivity index (χ1n) is 9.72. The van der Waals surface area contributed by atoms with Crippen molar-refractivity contribution in [3.8, 4) is 0 Å². The van der Waals surface area contributed by atoms with Gasteiger partial charge in [-0.1, -0.05) is 57.0 Å². The van der Waals surface area contributed by atoms with Gasteiger partial charge < -0.3 is 4.90 Å². The second-order valence-electron chi connectivity index (χ2n) is 6.69. The molecule has 1 heterocycles. The molecule has 0 spiro atoms. The Hall–Kier alpha value is -2.52. The van der Waals surface area contributed by atoms with Crippen LogP contribution in [0.1, 0.15) is 65.1 Å². The van der Waals surface area contributed by atoms with Gasteiger partial charge in [-0.15, -0.1) is 0 Å². The summed E-state index contributed by atoms with van der Waals surface area (Å²) in [4.78, 5) is 37.8. The SMILES string of the molecule is CCCCN1CC(C)=C(C)N(CCCC)C1c1ccccc1.O=C=O.O=C=O. The lowest BCUT2D eigenvalue weighted by Crippen LogP contribution is -2.46. The first kappa shape index (κ1) is 25.5. The molecule has 0 saturated carbocycles. The van der Waals surface area contributed by atoms with Gasteiger partial charge in [0.15, 0.2) is 0 Å². The highest BCUT2D eigenvalue weighted by Gasteiger charge is 2.31. The van der Waals surface area contributed by atoms with Crippen LogP contribution >= 0.6 is 0 Å². The number of hydrogen-bond donors (Lipinski definition) is 0. The van der Waals surface area contributed by atoms with Crippen LogP contribution < -0.4 is 0 Å². The average Bonchev–Trinajstić information content (AvgIpc) is 2.69. The van der Waals surface area contributed by atoms with Gasteiger partial charge in [0, 0.05) is 25.3 Å². The zero-order chi connectivity index (χ0) is 21.4. The summed E-state index contributed by atoms with van der Waals surface area (Å²) in [5.74, 6) is 0. The molecular formula is C22H32N2O4. The van der Waals surface area contributed by atoms with E-state index in [4.69, 9.17) is 19.2 Å². The standard InChI is InChI=1S/C20H32N2.2CO2/c1-5-7-14-21-16-17(3)18(4)22(15-8-6-2)20(21)19-12-10-9-11-13-19;2*2-1-3/h9-13,20H,5-8,14-16H2,1-4H3;;. The summed E-state index contributed by atoms with van der Waals surface area (Å²) in [7, 11) is 0. The van der Waals surface area contributed by atoms with E-state index in [-0.39, 0.29) is 12.3 Å². The fraction of sp³-hybridized carbons (Fsp3) is 0.545. The van der Waals surface area contributed by atoms with Crippen molar-refractivity contribution in [2.75, 3.05) is 19.6 Å². The predicted molar refractivity (Wildman–Crippen MR) is 106 cm³/mol. The summed E-state index contributed by atoms with van der Waals surface area (Å²) in [6.07, 6.45) is 5.95. The third kappa shape index (κ3) is 8.45. The Kier molecular flexibility index (Phi) is 14.1. The first-order valence-corrected chi connectivity index (χ1v) is 9.72. The van der Waals surface area contributed by atoms with Crippen molar-refractivity contribution in [3.63, 3.8) is 0 Å². The maximum atomic E-state index is 8.12. The van der Waals surface area contributed by atoms with Crippen LogP contribution in [0.5, 0.6) is 0 Å². The molecule has 1 aliphatic heterocycles. The molecule has 0 radical (unpaired) electrons. The van der Waals surface area contributed by atoms with Crippen LogP contribution in [0.4, 0.5) is 0 Å². The van der Waals surface area contributed by atoms with Crippen molar-refractivity contribution in [3.05, 3.63) is 47.2 Å². The zero-order valence-corrected chi connectivity index (χ0v) is 17.4. The molecule has 6 nitrogen and oxygen atoms in total. The number of rotatable bonds is 7. The van der Waals surface area contributed by atoms with Gasteiger partial charge in [-0.05, 0) is 37.8 Å². The van der Waals surface area contributed by atoms with E-state index in [0.717, 1.165) is 13.1 Å². The lowest BCUT2D eigenvalue weighted by Gasteiger charge is -2.46. The molecule has 0 fully saturated rings. The van der Waals surface area contributed by atoms with E-state index in [1.165, 1.54) is 49.1 Å². The smallest absolute Gasteiger partial charge is 0.355 e. The Morgan fingerprint density at radius 1 is 0.893 bits per heavy atom. The van der Waals surface area contributed by atoms with E-state index in [1.54, 1.807) is 0 Å². The van der Waals surface area contributed by atoms with Gasteiger partial charge in [0.25, 0.3) is 0 Å². The van der Waals surface area contributed by atoms with E-state index >= 15 is 0 Å². The molecule has 28 heavy (non-hydrogen) atoms. The Labute approximate surface area is 168 Å². The first-order chi connectivity index (χ1) is 13.5. The number of benzene rings is 1. The molecule has 1 aromatic carbocycles. The molecule has 6 heteroatoms. The second-order valence-corrected chi connectivity index (χ2v) is 6.69. The third-order valence-electron chi connectivity index (χ3n) is 4.78. The minimum absolute atomic E-state index is 0.250. The fourth-order valence-corrected chi connectivity index (χ4v) is 3.33. The molecule has 2 rings (SSSR count). The number of unbranched alkanes of at least 4 members (excludes halogenated alkanes) is 2. The predicted octanol–water partition coefficient (Wildman–Crippen LogP) is 4.03. The van der Waals surface area contributed by atoms with E-state index in [2.05, 4.69) is 67.8 Å². The van der Waals surface area contributed by atoms with Gasteiger partial charge in [0.2, 0.25) is 0 Å². The Bertz CT molecular complexity index is 634. The summed E-state index contributed by atoms with van der Waals surface area (Å²) in [6.45, 7) is 12.6. The normalized spacial score (nSPS) is 16.1. The van der Waals surface area contributed by atoms with E-state index in [1.807, 2.05) is 0 Å². The van der Waals surface area contributed by atoms with Crippen LogP contribution in [-0.2, 0) is 19.2 Å². The van der Waals surface area contributed by atoms with Crippen LogP contribution in [0.2, 0.25) is 0 Å². The molecule has 1 unspecified atom stereocenters. The fourth-order valence-electron chi connectivity index (χ4n) is 3.33. The Morgan fingerprint density at radius 2 is 1.39 bits per heavy atom. The molecular weight excluding hydrogens is 356 g/mol. The highest BCUT2D eigenvalue weighted by molar-refractivity contribution is 5.25. The highest BCUT2D eigenvalue weighted by atomic mass is 16.2. The average molecular weight is 389 g/mol. The van der Waals surface area contributed by atoms with Crippen molar-refractivity contribution in [2.45, 2.75) is 59.5 Å². The number of carbonyl (C=O) groups excluding carboxylic acids is 4. The Morgan fingerprint density at radius 3 is 1.89 bits per heavy atom. The molecule has 0 aliphatic carbocycles. The van der Waals surface area contributed by atoms with Crippen LogP contribution in [0.3, 0.4) is 0 Å².